The number of nitrogens with two attached hydrogens (primary N) is 1. The van der Waals surface area contributed by atoms with E-state index in [-0.39, 0.29) is 22.6 Å². The Morgan fingerprint density at radius 3 is 2.28 bits per heavy atom. The molecule has 32 heavy (non-hydrogen) atoms. The standard InChI is InChI=1S/C26H39N3O3/c1-25(2)22(26(25,3)4)15-28(23(31)16-30)10-11-29-20-8-9-21(29)14-19(13-20)17-6-5-7-18(12-17)24(27)32/h5-7,12,19-22,30H,8-11,13-16H2,1-4H3,(H2,27,32). The highest BCUT2D eigenvalue weighted by Gasteiger charge is 2.64. The number of fused-ring (bicyclic) bond motifs is 2. The molecule has 1 aromatic carbocycles. The summed E-state index contributed by atoms with van der Waals surface area (Å²) >= 11 is 0. The van der Waals surface area contributed by atoms with Gasteiger partial charge >= 0.3 is 0 Å². The van der Waals surface area contributed by atoms with Crippen LogP contribution in [0.5, 0.6) is 0 Å². The van der Waals surface area contributed by atoms with Crippen molar-refractivity contribution in [1.29, 1.82) is 0 Å². The Bertz CT molecular complexity index is 853. The predicted molar refractivity (Wildman–Crippen MR) is 125 cm³/mol. The summed E-state index contributed by atoms with van der Waals surface area (Å²) in [5.74, 6) is 0.383. The molecule has 2 aliphatic heterocycles. The summed E-state index contributed by atoms with van der Waals surface area (Å²) < 4.78 is 0. The Kier molecular flexibility index (Phi) is 6.14. The van der Waals surface area contributed by atoms with Crippen molar-refractivity contribution >= 4 is 11.8 Å². The molecular weight excluding hydrogens is 402 g/mol. The fourth-order valence-corrected chi connectivity index (χ4v) is 6.52. The molecule has 176 valence electrons. The molecule has 1 aromatic rings. The number of aliphatic hydroxyl groups excluding tert-OH is 1. The van der Waals surface area contributed by atoms with Crippen LogP contribution in [0.3, 0.4) is 0 Å². The lowest BCUT2D eigenvalue weighted by molar-refractivity contribution is -0.135. The predicted octanol–water partition coefficient (Wildman–Crippen LogP) is 3.00. The van der Waals surface area contributed by atoms with E-state index in [4.69, 9.17) is 5.73 Å². The molecule has 3 aliphatic rings. The fourth-order valence-electron chi connectivity index (χ4n) is 6.52. The Morgan fingerprint density at radius 2 is 1.75 bits per heavy atom. The van der Waals surface area contributed by atoms with Crippen molar-refractivity contribution in [3.05, 3.63) is 35.4 Å². The summed E-state index contributed by atoms with van der Waals surface area (Å²) in [5, 5.41) is 9.54. The van der Waals surface area contributed by atoms with Gasteiger partial charge in [-0.3, -0.25) is 14.5 Å². The first-order valence-electron chi connectivity index (χ1n) is 12.1. The van der Waals surface area contributed by atoms with E-state index < -0.39 is 6.61 Å². The van der Waals surface area contributed by atoms with E-state index >= 15 is 0 Å². The largest absolute Gasteiger partial charge is 0.387 e. The molecule has 0 radical (unpaired) electrons. The van der Waals surface area contributed by atoms with Gasteiger partial charge in [-0.1, -0.05) is 39.8 Å². The second kappa shape index (κ2) is 8.45. The van der Waals surface area contributed by atoms with E-state index in [9.17, 15) is 14.7 Å². The molecule has 2 heterocycles. The smallest absolute Gasteiger partial charge is 0.248 e. The minimum Gasteiger partial charge on any atom is -0.387 e. The third kappa shape index (κ3) is 4.08. The number of rotatable bonds is 8. The van der Waals surface area contributed by atoms with Crippen LogP contribution in [0.1, 0.15) is 75.2 Å². The number of hydrogen-bond acceptors (Lipinski definition) is 4. The molecule has 4 rings (SSSR count). The summed E-state index contributed by atoms with van der Waals surface area (Å²) in [5.41, 5.74) is 7.72. The molecule has 2 atom stereocenters. The first kappa shape index (κ1) is 23.2. The van der Waals surface area contributed by atoms with E-state index in [0.29, 0.717) is 36.0 Å². The van der Waals surface area contributed by atoms with Crippen molar-refractivity contribution < 1.29 is 14.7 Å². The Labute approximate surface area is 192 Å². The van der Waals surface area contributed by atoms with Gasteiger partial charge in [0.1, 0.15) is 6.61 Å². The molecule has 2 amide bonds. The number of nitrogens with zero attached hydrogens (tertiary/aromatic N) is 2. The van der Waals surface area contributed by atoms with Crippen molar-refractivity contribution in [3.8, 4) is 0 Å². The number of carbonyl (C=O) groups excluding carboxylic acids is 2. The number of benzene rings is 1. The lowest BCUT2D eigenvalue weighted by Crippen LogP contribution is -2.47. The average molecular weight is 442 g/mol. The molecule has 0 aromatic heterocycles. The highest BCUT2D eigenvalue weighted by atomic mass is 16.3. The molecule has 2 bridgehead atoms. The fraction of sp³-hybridized carbons (Fsp3) is 0.692. The molecule has 0 spiro atoms. The van der Waals surface area contributed by atoms with Gasteiger partial charge in [0.2, 0.25) is 11.8 Å². The number of piperidine rings is 1. The second-order valence-corrected chi connectivity index (χ2v) is 11.3. The van der Waals surface area contributed by atoms with Crippen LogP contribution >= 0.6 is 0 Å². The van der Waals surface area contributed by atoms with Crippen LogP contribution in [-0.2, 0) is 4.79 Å². The molecule has 2 saturated heterocycles. The van der Waals surface area contributed by atoms with Crippen molar-refractivity contribution in [2.45, 2.75) is 71.4 Å². The lowest BCUT2D eigenvalue weighted by atomic mass is 9.84. The third-order valence-electron chi connectivity index (χ3n) is 9.37. The molecule has 2 unspecified atom stereocenters. The minimum atomic E-state index is -0.418. The van der Waals surface area contributed by atoms with Gasteiger partial charge in [0.05, 0.1) is 0 Å². The monoisotopic (exact) mass is 441 g/mol. The number of carbonyl (C=O) groups is 2. The van der Waals surface area contributed by atoms with Gasteiger partial charge in [0.15, 0.2) is 0 Å². The van der Waals surface area contributed by atoms with Crippen LogP contribution in [-0.4, -0.2) is 65.0 Å². The highest BCUT2D eigenvalue weighted by Crippen LogP contribution is 2.68. The quantitative estimate of drug-likeness (QED) is 0.649. The molecule has 1 saturated carbocycles. The summed E-state index contributed by atoms with van der Waals surface area (Å²) in [4.78, 5) is 28.6. The summed E-state index contributed by atoms with van der Waals surface area (Å²) in [6, 6.07) is 8.82. The van der Waals surface area contributed by atoms with Gasteiger partial charge in [-0.05, 0) is 66.0 Å². The number of primary amides is 1. The Hall–Kier alpha value is -1.92. The minimum absolute atomic E-state index is 0.158. The van der Waals surface area contributed by atoms with Crippen LogP contribution in [0.4, 0.5) is 0 Å². The zero-order chi connectivity index (χ0) is 23.3. The first-order chi connectivity index (χ1) is 15.1. The van der Waals surface area contributed by atoms with Gasteiger partial charge in [-0.2, -0.15) is 0 Å². The van der Waals surface area contributed by atoms with Crippen LogP contribution in [0, 0.1) is 16.7 Å². The highest BCUT2D eigenvalue weighted by molar-refractivity contribution is 5.92. The van der Waals surface area contributed by atoms with Crippen LogP contribution in [0.25, 0.3) is 0 Å². The van der Waals surface area contributed by atoms with Gasteiger partial charge < -0.3 is 15.7 Å². The molecule has 1 aliphatic carbocycles. The molecule has 6 heteroatoms. The SMILES string of the molecule is CC1(C)C(CN(CCN2C3CCC2CC(c2cccc(C(N)=O)c2)C3)C(=O)CO)C1(C)C. The second-order valence-electron chi connectivity index (χ2n) is 11.3. The van der Waals surface area contributed by atoms with Crippen LogP contribution < -0.4 is 5.73 Å². The van der Waals surface area contributed by atoms with Crippen molar-refractivity contribution in [3.63, 3.8) is 0 Å². The molecule has 6 nitrogen and oxygen atoms in total. The van der Waals surface area contributed by atoms with Crippen LogP contribution in [0.15, 0.2) is 24.3 Å². The Morgan fingerprint density at radius 1 is 1.12 bits per heavy atom. The zero-order valence-corrected chi connectivity index (χ0v) is 20.0. The van der Waals surface area contributed by atoms with Crippen molar-refractivity contribution in [2.75, 3.05) is 26.2 Å². The van der Waals surface area contributed by atoms with E-state index in [2.05, 4.69) is 38.7 Å². The third-order valence-corrected chi connectivity index (χ3v) is 9.37. The summed E-state index contributed by atoms with van der Waals surface area (Å²) in [7, 11) is 0. The maximum absolute atomic E-state index is 12.5. The van der Waals surface area contributed by atoms with Gasteiger partial charge in [0, 0.05) is 37.3 Å². The summed E-state index contributed by atoms with van der Waals surface area (Å²) in [6.45, 7) is 11.0. The van der Waals surface area contributed by atoms with Crippen molar-refractivity contribution in [2.24, 2.45) is 22.5 Å². The first-order valence-corrected chi connectivity index (χ1v) is 12.1. The number of hydrogen-bond donors (Lipinski definition) is 2. The number of aliphatic hydroxyl groups is 1. The Balaban J connectivity index is 1.38. The maximum Gasteiger partial charge on any atom is 0.248 e. The molecule has 3 N–H and O–H groups in total. The van der Waals surface area contributed by atoms with Crippen molar-refractivity contribution in [1.82, 2.24) is 9.80 Å². The van der Waals surface area contributed by atoms with E-state index in [1.54, 1.807) is 6.07 Å². The van der Waals surface area contributed by atoms with E-state index in [1.807, 2.05) is 17.0 Å². The van der Waals surface area contributed by atoms with Crippen LogP contribution in [0.2, 0.25) is 0 Å². The summed E-state index contributed by atoms with van der Waals surface area (Å²) in [6.07, 6.45) is 4.53. The van der Waals surface area contributed by atoms with Gasteiger partial charge in [0.25, 0.3) is 0 Å². The average Bonchev–Trinajstić information content (AvgIpc) is 3.02. The normalized spacial score (nSPS) is 28.5. The van der Waals surface area contributed by atoms with Gasteiger partial charge in [-0.25, -0.2) is 0 Å². The van der Waals surface area contributed by atoms with E-state index in [1.165, 1.54) is 18.4 Å². The maximum atomic E-state index is 12.5. The molecule has 3 fully saturated rings. The van der Waals surface area contributed by atoms with Gasteiger partial charge in [-0.15, -0.1) is 0 Å². The van der Waals surface area contributed by atoms with E-state index in [0.717, 1.165) is 25.9 Å². The zero-order valence-electron chi connectivity index (χ0n) is 20.0. The topological polar surface area (TPSA) is 86.9 Å². The lowest BCUT2D eigenvalue weighted by Gasteiger charge is -2.40. The number of amides is 2. The molecular formula is C26H39N3O3.